The molecule has 0 saturated carbocycles. The summed E-state index contributed by atoms with van der Waals surface area (Å²) in [6.07, 6.45) is -1.61. The van der Waals surface area contributed by atoms with Crippen molar-refractivity contribution in [3.05, 3.63) is 51.9 Å². The number of anilines is 1. The third kappa shape index (κ3) is 4.11. The third-order valence-electron chi connectivity index (χ3n) is 3.43. The fourth-order valence-electron chi connectivity index (χ4n) is 2.09. The third-order valence-corrected chi connectivity index (χ3v) is 4.50. The number of nitrogens with one attached hydrogen (secondary N) is 1. The van der Waals surface area contributed by atoms with Crippen LogP contribution in [-0.4, -0.2) is 19.9 Å². The van der Waals surface area contributed by atoms with Gasteiger partial charge in [0.15, 0.2) is 11.5 Å². The molecule has 25 heavy (non-hydrogen) atoms. The summed E-state index contributed by atoms with van der Waals surface area (Å²) in [6, 6.07) is 4.13. The highest BCUT2D eigenvalue weighted by molar-refractivity contribution is 7.11. The van der Waals surface area contributed by atoms with E-state index in [0.29, 0.717) is 12.1 Å². The molecule has 3 heterocycles. The zero-order chi connectivity index (χ0) is 18.0. The summed E-state index contributed by atoms with van der Waals surface area (Å²) in [4.78, 5) is 17.1. The van der Waals surface area contributed by atoms with Gasteiger partial charge in [0.1, 0.15) is 10.8 Å². The lowest BCUT2D eigenvalue weighted by atomic mass is 10.2. The van der Waals surface area contributed by atoms with E-state index in [2.05, 4.69) is 25.3 Å². The van der Waals surface area contributed by atoms with Crippen LogP contribution >= 0.6 is 11.3 Å². The van der Waals surface area contributed by atoms with Crippen LogP contribution in [0, 0.1) is 13.8 Å². The van der Waals surface area contributed by atoms with Crippen LogP contribution in [0.25, 0.3) is 11.4 Å². The molecule has 0 aromatic carbocycles. The number of pyridine rings is 1. The van der Waals surface area contributed by atoms with Crippen LogP contribution in [-0.2, 0) is 12.7 Å². The Balaban J connectivity index is 1.92. The van der Waals surface area contributed by atoms with Crippen molar-refractivity contribution < 1.29 is 13.2 Å². The Hall–Kier alpha value is -2.55. The summed E-state index contributed by atoms with van der Waals surface area (Å²) in [5.41, 5.74) is 0.324. The van der Waals surface area contributed by atoms with Gasteiger partial charge in [-0.15, -0.1) is 11.3 Å². The van der Waals surface area contributed by atoms with Crippen molar-refractivity contribution in [2.45, 2.75) is 26.6 Å². The van der Waals surface area contributed by atoms with E-state index in [4.69, 9.17) is 0 Å². The number of nitrogens with zero attached hydrogens (tertiary/aromatic N) is 4. The number of halogens is 3. The first-order valence-electron chi connectivity index (χ1n) is 7.36. The number of alkyl halides is 3. The topological polar surface area (TPSA) is 63.6 Å². The Morgan fingerprint density at radius 2 is 1.96 bits per heavy atom. The number of aryl methyl sites for hydroxylation is 2. The predicted molar refractivity (Wildman–Crippen MR) is 89.2 cm³/mol. The lowest BCUT2D eigenvalue weighted by Crippen LogP contribution is -2.12. The highest BCUT2D eigenvalue weighted by atomic mass is 32.1. The Labute approximate surface area is 146 Å². The summed E-state index contributed by atoms with van der Waals surface area (Å²) in [7, 11) is 0. The largest absolute Gasteiger partial charge is 0.433 e. The second kappa shape index (κ2) is 6.75. The van der Waals surface area contributed by atoms with E-state index in [0.717, 1.165) is 21.6 Å². The van der Waals surface area contributed by atoms with Crippen LogP contribution in [0.1, 0.15) is 21.3 Å². The van der Waals surface area contributed by atoms with Gasteiger partial charge in [0, 0.05) is 28.9 Å². The lowest BCUT2D eigenvalue weighted by Gasteiger charge is -2.11. The second-order valence-corrected chi connectivity index (χ2v) is 6.59. The maximum Gasteiger partial charge on any atom is 0.433 e. The van der Waals surface area contributed by atoms with E-state index in [1.165, 1.54) is 23.7 Å². The first-order chi connectivity index (χ1) is 11.8. The molecule has 1 N–H and O–H groups in total. The fraction of sp³-hybridized carbons (Fsp3) is 0.250. The number of thiazole rings is 1. The maximum atomic E-state index is 13.1. The molecule has 0 aliphatic carbocycles. The first kappa shape index (κ1) is 17.3. The molecule has 0 saturated heterocycles. The molecule has 0 bridgehead atoms. The average molecular weight is 365 g/mol. The van der Waals surface area contributed by atoms with Gasteiger partial charge in [-0.05, 0) is 26.0 Å². The quantitative estimate of drug-likeness (QED) is 0.749. The number of hydrogen-bond donors (Lipinski definition) is 1. The van der Waals surface area contributed by atoms with Gasteiger partial charge in [-0.25, -0.2) is 15.0 Å². The standard InChI is InChI=1S/C16H14F3N5S/c1-9-10(2)25-14(22-9)8-21-13-6-12(16(17,18)19)23-15(24-13)11-4-3-5-20-7-11/h3-7H,8H2,1-2H3,(H,21,23,24). The average Bonchev–Trinajstić information content (AvgIpc) is 2.91. The van der Waals surface area contributed by atoms with Gasteiger partial charge in [-0.2, -0.15) is 13.2 Å². The molecule has 9 heteroatoms. The predicted octanol–water partition coefficient (Wildman–Crippen LogP) is 4.24. The van der Waals surface area contributed by atoms with Gasteiger partial charge in [0.25, 0.3) is 0 Å². The van der Waals surface area contributed by atoms with E-state index in [1.807, 2.05) is 13.8 Å². The molecule has 0 aliphatic heterocycles. The van der Waals surface area contributed by atoms with Crippen molar-refractivity contribution in [3.63, 3.8) is 0 Å². The van der Waals surface area contributed by atoms with Gasteiger partial charge in [-0.1, -0.05) is 0 Å². The van der Waals surface area contributed by atoms with Crippen LogP contribution in [0.4, 0.5) is 19.0 Å². The van der Waals surface area contributed by atoms with Crippen molar-refractivity contribution in [2.24, 2.45) is 0 Å². The molecule has 0 amide bonds. The number of aromatic nitrogens is 4. The number of rotatable bonds is 4. The van der Waals surface area contributed by atoms with E-state index in [1.54, 1.807) is 12.1 Å². The fourth-order valence-corrected chi connectivity index (χ4v) is 2.96. The van der Waals surface area contributed by atoms with Gasteiger partial charge >= 0.3 is 6.18 Å². The lowest BCUT2D eigenvalue weighted by molar-refractivity contribution is -0.141. The van der Waals surface area contributed by atoms with E-state index in [-0.39, 0.29) is 11.6 Å². The van der Waals surface area contributed by atoms with Crippen LogP contribution in [0.3, 0.4) is 0 Å². The molecule has 0 radical (unpaired) electrons. The molecule has 0 spiro atoms. The molecule has 130 valence electrons. The molecule has 5 nitrogen and oxygen atoms in total. The van der Waals surface area contributed by atoms with Gasteiger partial charge in [0.05, 0.1) is 12.2 Å². The summed E-state index contributed by atoms with van der Waals surface area (Å²) < 4.78 is 39.4. The van der Waals surface area contributed by atoms with Crippen LogP contribution in [0.2, 0.25) is 0 Å². The van der Waals surface area contributed by atoms with E-state index >= 15 is 0 Å². The Morgan fingerprint density at radius 1 is 1.16 bits per heavy atom. The molecule has 3 rings (SSSR count). The summed E-state index contributed by atoms with van der Waals surface area (Å²) in [5.74, 6) is 0.0589. The zero-order valence-electron chi connectivity index (χ0n) is 13.4. The number of hydrogen-bond acceptors (Lipinski definition) is 6. The van der Waals surface area contributed by atoms with Crippen LogP contribution < -0.4 is 5.32 Å². The minimum absolute atomic E-state index is 0.0306. The summed E-state index contributed by atoms with van der Waals surface area (Å²) in [6.45, 7) is 4.13. The van der Waals surface area contributed by atoms with E-state index < -0.39 is 11.9 Å². The summed E-state index contributed by atoms with van der Waals surface area (Å²) in [5, 5.41) is 3.68. The molecule has 0 aliphatic rings. The highest BCUT2D eigenvalue weighted by Crippen LogP contribution is 2.30. The molecule has 0 atom stereocenters. The molecule has 0 fully saturated rings. The van der Waals surface area contributed by atoms with Gasteiger partial charge in [-0.3, -0.25) is 4.98 Å². The minimum atomic E-state index is -4.56. The van der Waals surface area contributed by atoms with Gasteiger partial charge < -0.3 is 5.32 Å². The molecule has 3 aromatic rings. The Bertz CT molecular complexity index is 858. The molecular formula is C16H14F3N5S. The van der Waals surface area contributed by atoms with Crippen LogP contribution in [0.15, 0.2) is 30.6 Å². The van der Waals surface area contributed by atoms with Crippen molar-refractivity contribution >= 4 is 17.2 Å². The van der Waals surface area contributed by atoms with E-state index in [9.17, 15) is 13.2 Å². The monoisotopic (exact) mass is 365 g/mol. The summed E-state index contributed by atoms with van der Waals surface area (Å²) >= 11 is 1.49. The molecule has 0 unspecified atom stereocenters. The Kier molecular flexibility index (Phi) is 4.67. The van der Waals surface area contributed by atoms with Gasteiger partial charge in [0.2, 0.25) is 0 Å². The normalized spacial score (nSPS) is 11.6. The van der Waals surface area contributed by atoms with Crippen LogP contribution in [0.5, 0.6) is 0 Å². The first-order valence-corrected chi connectivity index (χ1v) is 8.18. The smallest absolute Gasteiger partial charge is 0.363 e. The Morgan fingerprint density at radius 3 is 2.56 bits per heavy atom. The zero-order valence-corrected chi connectivity index (χ0v) is 14.2. The minimum Gasteiger partial charge on any atom is -0.363 e. The SMILES string of the molecule is Cc1nc(CNc2cc(C(F)(F)F)nc(-c3cccnc3)n2)sc1C. The van der Waals surface area contributed by atoms with Crippen molar-refractivity contribution in [1.29, 1.82) is 0 Å². The van der Waals surface area contributed by atoms with Crippen molar-refractivity contribution in [2.75, 3.05) is 5.32 Å². The van der Waals surface area contributed by atoms with Crippen molar-refractivity contribution in [3.8, 4) is 11.4 Å². The highest BCUT2D eigenvalue weighted by Gasteiger charge is 2.33. The van der Waals surface area contributed by atoms with Crippen molar-refractivity contribution in [1.82, 2.24) is 19.9 Å². The second-order valence-electron chi connectivity index (χ2n) is 5.30. The molecular weight excluding hydrogens is 351 g/mol. The molecule has 3 aromatic heterocycles. The maximum absolute atomic E-state index is 13.1.